The fourth-order valence-electron chi connectivity index (χ4n) is 4.59. The highest BCUT2D eigenvalue weighted by Crippen LogP contribution is 2.42. The van der Waals surface area contributed by atoms with Gasteiger partial charge in [-0.15, -0.1) is 0 Å². The number of nitrogens with zero attached hydrogens (tertiary/aromatic N) is 3. The van der Waals surface area contributed by atoms with Gasteiger partial charge in [0.2, 0.25) is 5.91 Å². The molecule has 1 unspecified atom stereocenters. The quantitative estimate of drug-likeness (QED) is 0.509. The molecule has 0 spiro atoms. The van der Waals surface area contributed by atoms with Gasteiger partial charge in [0.1, 0.15) is 6.17 Å². The van der Waals surface area contributed by atoms with Gasteiger partial charge in [0, 0.05) is 48.8 Å². The Bertz CT molecular complexity index is 1130. The molecule has 6 heteroatoms. The van der Waals surface area contributed by atoms with E-state index in [-0.39, 0.29) is 5.91 Å². The molecule has 1 aliphatic heterocycles. The zero-order valence-electron chi connectivity index (χ0n) is 19.3. The maximum Gasteiger partial charge on any atom is 0.224 e. The minimum atomic E-state index is -1.10. The number of hydrogen-bond donors (Lipinski definition) is 1. The van der Waals surface area contributed by atoms with Crippen molar-refractivity contribution in [3.8, 4) is 11.1 Å². The number of nitrogens with one attached hydrogen (secondary N) is 1. The standard InChI is InChI=1S/C26H31FN4O/c1-5-20-23(29-26(32)6-2)10-7-11-24(20)31-12-8-9-18-13-22(19-15-28-30(4)16-19)21(17(3)27)14-25(18)31/h7,10-11,13-17H,5-6,8-9,12H2,1-4H3,(H,29,32). The molecule has 2 heterocycles. The van der Waals surface area contributed by atoms with Gasteiger partial charge in [-0.1, -0.05) is 19.9 Å². The van der Waals surface area contributed by atoms with E-state index in [4.69, 9.17) is 0 Å². The minimum Gasteiger partial charge on any atom is -0.341 e. The maximum atomic E-state index is 14.8. The van der Waals surface area contributed by atoms with E-state index in [2.05, 4.69) is 34.4 Å². The first-order valence-electron chi connectivity index (χ1n) is 11.4. The summed E-state index contributed by atoms with van der Waals surface area (Å²) in [4.78, 5) is 14.3. The van der Waals surface area contributed by atoms with Gasteiger partial charge in [0.05, 0.1) is 6.20 Å². The van der Waals surface area contributed by atoms with E-state index in [9.17, 15) is 9.18 Å². The van der Waals surface area contributed by atoms with Crippen molar-refractivity contribution in [3.05, 3.63) is 59.4 Å². The van der Waals surface area contributed by atoms with Crippen molar-refractivity contribution >= 4 is 23.0 Å². The predicted molar refractivity (Wildman–Crippen MR) is 128 cm³/mol. The van der Waals surface area contributed by atoms with E-state index in [1.165, 1.54) is 5.56 Å². The number of hydrogen-bond acceptors (Lipinski definition) is 3. The molecule has 3 aromatic rings. The zero-order valence-corrected chi connectivity index (χ0v) is 19.3. The van der Waals surface area contributed by atoms with Gasteiger partial charge in [-0.05, 0) is 72.7 Å². The summed E-state index contributed by atoms with van der Waals surface area (Å²) in [6.45, 7) is 6.40. The Labute approximate surface area is 189 Å². The van der Waals surface area contributed by atoms with E-state index >= 15 is 0 Å². The number of rotatable bonds is 6. The van der Waals surface area contributed by atoms with Gasteiger partial charge in [-0.25, -0.2) is 4.39 Å². The summed E-state index contributed by atoms with van der Waals surface area (Å²) in [6.07, 6.45) is 5.83. The third-order valence-electron chi connectivity index (χ3n) is 6.20. The van der Waals surface area contributed by atoms with Gasteiger partial charge in [0.15, 0.2) is 0 Å². The Balaban J connectivity index is 1.83. The number of carbonyl (C=O) groups is 1. The largest absolute Gasteiger partial charge is 0.341 e. The van der Waals surface area contributed by atoms with Crippen molar-refractivity contribution in [2.45, 2.75) is 52.6 Å². The predicted octanol–water partition coefficient (Wildman–Crippen LogP) is 6.11. The van der Waals surface area contributed by atoms with Gasteiger partial charge in [-0.2, -0.15) is 5.10 Å². The summed E-state index contributed by atoms with van der Waals surface area (Å²) >= 11 is 0. The Morgan fingerprint density at radius 3 is 2.72 bits per heavy atom. The monoisotopic (exact) mass is 434 g/mol. The lowest BCUT2D eigenvalue weighted by atomic mass is 9.91. The zero-order chi connectivity index (χ0) is 22.8. The number of benzene rings is 2. The van der Waals surface area contributed by atoms with Crippen LogP contribution >= 0.6 is 0 Å². The fourth-order valence-corrected chi connectivity index (χ4v) is 4.59. The SMILES string of the molecule is CCC(=O)Nc1cccc(N2CCCc3cc(-c4cnn(C)c4)c(C(C)F)cc32)c1CC. The normalized spacial score (nSPS) is 14.2. The molecule has 1 amide bonds. The van der Waals surface area contributed by atoms with Crippen LogP contribution in [-0.4, -0.2) is 22.2 Å². The van der Waals surface area contributed by atoms with Crippen LogP contribution in [0.3, 0.4) is 0 Å². The van der Waals surface area contributed by atoms with Crippen LogP contribution in [0.5, 0.6) is 0 Å². The van der Waals surface area contributed by atoms with Crippen molar-refractivity contribution < 1.29 is 9.18 Å². The summed E-state index contributed by atoms with van der Waals surface area (Å²) in [5.74, 6) is 0.00514. The molecule has 2 aromatic carbocycles. The molecule has 0 aliphatic carbocycles. The second kappa shape index (κ2) is 9.15. The van der Waals surface area contributed by atoms with E-state index < -0.39 is 6.17 Å². The molecule has 0 bridgehead atoms. The first-order valence-corrected chi connectivity index (χ1v) is 11.4. The van der Waals surface area contributed by atoms with Crippen LogP contribution in [0, 0.1) is 0 Å². The van der Waals surface area contributed by atoms with E-state index in [0.29, 0.717) is 12.0 Å². The van der Waals surface area contributed by atoms with Crippen LogP contribution in [0.1, 0.15) is 56.5 Å². The number of aromatic nitrogens is 2. The molecule has 0 radical (unpaired) electrons. The van der Waals surface area contributed by atoms with Crippen LogP contribution in [0.15, 0.2) is 42.7 Å². The van der Waals surface area contributed by atoms with Gasteiger partial charge < -0.3 is 10.2 Å². The summed E-state index contributed by atoms with van der Waals surface area (Å²) < 4.78 is 16.5. The molecule has 0 fully saturated rings. The molecule has 1 atom stereocenters. The summed E-state index contributed by atoms with van der Waals surface area (Å²) in [6, 6.07) is 10.2. The highest BCUT2D eigenvalue weighted by Gasteiger charge is 2.25. The second-order valence-electron chi connectivity index (χ2n) is 8.40. The number of halogens is 1. The van der Waals surface area contributed by atoms with Crippen LogP contribution in [0.25, 0.3) is 11.1 Å². The third-order valence-corrected chi connectivity index (χ3v) is 6.20. The number of fused-ring (bicyclic) bond motifs is 1. The number of carbonyl (C=O) groups excluding carboxylic acids is 1. The minimum absolute atomic E-state index is 0.00514. The second-order valence-corrected chi connectivity index (χ2v) is 8.40. The maximum absolute atomic E-state index is 14.8. The van der Waals surface area contributed by atoms with Crippen LogP contribution < -0.4 is 10.2 Å². The van der Waals surface area contributed by atoms with Gasteiger partial charge in [0.25, 0.3) is 0 Å². The molecule has 1 N–H and O–H groups in total. The summed E-state index contributed by atoms with van der Waals surface area (Å²) in [5.41, 5.74) is 7.83. The Kier molecular flexibility index (Phi) is 6.31. The molecule has 1 aliphatic rings. The van der Waals surface area contributed by atoms with E-state index in [1.54, 1.807) is 17.8 Å². The van der Waals surface area contributed by atoms with E-state index in [0.717, 1.165) is 59.6 Å². The van der Waals surface area contributed by atoms with Gasteiger partial charge >= 0.3 is 0 Å². The van der Waals surface area contributed by atoms with E-state index in [1.807, 2.05) is 38.4 Å². The van der Waals surface area contributed by atoms with Crippen molar-refractivity contribution in [2.75, 3.05) is 16.8 Å². The lowest BCUT2D eigenvalue weighted by Crippen LogP contribution is -2.26. The molecule has 168 valence electrons. The third kappa shape index (κ3) is 4.14. The van der Waals surface area contributed by atoms with Crippen molar-refractivity contribution in [2.24, 2.45) is 7.05 Å². The molecule has 0 saturated heterocycles. The number of amides is 1. The molecular formula is C26H31FN4O. The Hall–Kier alpha value is -3.15. The first-order chi connectivity index (χ1) is 15.4. The smallest absolute Gasteiger partial charge is 0.224 e. The number of alkyl halides is 1. The molecule has 0 saturated carbocycles. The average Bonchev–Trinajstić information content (AvgIpc) is 3.23. The molecule has 5 nitrogen and oxygen atoms in total. The molecular weight excluding hydrogens is 403 g/mol. The Morgan fingerprint density at radius 2 is 2.06 bits per heavy atom. The highest BCUT2D eigenvalue weighted by molar-refractivity contribution is 5.93. The first kappa shape index (κ1) is 22.1. The summed E-state index contributed by atoms with van der Waals surface area (Å²) in [7, 11) is 1.87. The van der Waals surface area contributed by atoms with Crippen molar-refractivity contribution in [1.29, 1.82) is 0 Å². The molecule has 32 heavy (non-hydrogen) atoms. The van der Waals surface area contributed by atoms with Crippen LogP contribution in [0.2, 0.25) is 0 Å². The average molecular weight is 435 g/mol. The number of anilines is 3. The number of aryl methyl sites for hydroxylation is 2. The van der Waals surface area contributed by atoms with Crippen molar-refractivity contribution in [3.63, 3.8) is 0 Å². The van der Waals surface area contributed by atoms with Crippen LogP contribution in [0.4, 0.5) is 21.5 Å². The lowest BCUT2D eigenvalue weighted by molar-refractivity contribution is -0.115. The highest BCUT2D eigenvalue weighted by atomic mass is 19.1. The van der Waals surface area contributed by atoms with Crippen LogP contribution in [-0.2, 0) is 24.7 Å². The summed E-state index contributed by atoms with van der Waals surface area (Å²) in [5, 5.41) is 7.32. The molecule has 4 rings (SSSR count). The molecule has 1 aromatic heterocycles. The van der Waals surface area contributed by atoms with Gasteiger partial charge in [-0.3, -0.25) is 9.48 Å². The lowest BCUT2D eigenvalue weighted by Gasteiger charge is -2.34. The topological polar surface area (TPSA) is 50.2 Å². The Morgan fingerprint density at radius 1 is 1.25 bits per heavy atom. The van der Waals surface area contributed by atoms with Crippen molar-refractivity contribution in [1.82, 2.24) is 9.78 Å². The fraction of sp³-hybridized carbons (Fsp3) is 0.385.